The van der Waals surface area contributed by atoms with Crippen molar-refractivity contribution in [1.29, 1.82) is 0 Å². The van der Waals surface area contributed by atoms with Crippen LogP contribution in [0.5, 0.6) is 0 Å². The molecular weight excluding hydrogens is 196 g/mol. The zero-order valence-electron chi connectivity index (χ0n) is 8.67. The minimum Gasteiger partial charge on any atom is -0.151 e. The first kappa shape index (κ1) is 10.1. The Hall–Kier alpha value is -2.40. The molecule has 76 valence electrons. The van der Waals surface area contributed by atoms with E-state index in [4.69, 9.17) is 6.42 Å². The monoisotopic (exact) mass is 206 g/mol. The Labute approximate surface area is 94.7 Å². The summed E-state index contributed by atoms with van der Waals surface area (Å²) in [5.74, 6) is 2.56. The fraction of sp³-hybridized carbons (Fsp3) is 0. The molecule has 0 radical (unpaired) electrons. The molecule has 0 aliphatic rings. The molecule has 0 aromatic heterocycles. The third kappa shape index (κ3) is 2.55. The summed E-state index contributed by atoms with van der Waals surface area (Å²) < 4.78 is 0. The predicted molar refractivity (Wildman–Crippen MR) is 65.0 cm³/mol. The van der Waals surface area contributed by atoms with Crippen molar-refractivity contribution < 1.29 is 0 Å². The van der Waals surface area contributed by atoms with E-state index in [1.54, 1.807) is 0 Å². The van der Waals surface area contributed by atoms with E-state index in [1.807, 2.05) is 54.6 Å². The number of benzene rings is 2. The number of rotatable bonds is 2. The van der Waals surface area contributed by atoms with Crippen molar-refractivity contribution in [3.8, 4) is 12.3 Å². The minimum atomic E-state index is 0.794. The molecule has 2 aromatic rings. The van der Waals surface area contributed by atoms with E-state index in [-0.39, 0.29) is 0 Å². The van der Waals surface area contributed by atoms with Crippen LogP contribution < -0.4 is 0 Å². The number of nitrogens with zero attached hydrogens (tertiary/aromatic N) is 2. The van der Waals surface area contributed by atoms with Crippen molar-refractivity contribution in [2.24, 2.45) is 10.2 Å². The summed E-state index contributed by atoms with van der Waals surface area (Å²) in [4.78, 5) is 0. The smallest absolute Gasteiger partial charge is 0.0857 e. The maximum atomic E-state index is 5.26. The Morgan fingerprint density at radius 1 is 0.750 bits per heavy atom. The van der Waals surface area contributed by atoms with Crippen LogP contribution in [0.15, 0.2) is 64.8 Å². The van der Waals surface area contributed by atoms with Gasteiger partial charge in [-0.15, -0.1) is 6.42 Å². The Balaban J connectivity index is 2.15. The van der Waals surface area contributed by atoms with Crippen LogP contribution in [-0.4, -0.2) is 0 Å². The molecule has 0 saturated heterocycles. The zero-order chi connectivity index (χ0) is 11.2. The Kier molecular flexibility index (Phi) is 3.10. The van der Waals surface area contributed by atoms with Crippen LogP contribution in [0.1, 0.15) is 5.56 Å². The average molecular weight is 206 g/mol. The second-order valence-corrected chi connectivity index (χ2v) is 3.23. The van der Waals surface area contributed by atoms with Gasteiger partial charge in [0.1, 0.15) is 0 Å². The molecule has 0 heterocycles. The highest BCUT2D eigenvalue weighted by molar-refractivity contribution is 5.44. The van der Waals surface area contributed by atoms with E-state index in [0.29, 0.717) is 0 Å². The summed E-state index contributed by atoms with van der Waals surface area (Å²) >= 11 is 0. The second kappa shape index (κ2) is 4.90. The van der Waals surface area contributed by atoms with Gasteiger partial charge in [0.15, 0.2) is 0 Å². The lowest BCUT2D eigenvalue weighted by atomic mass is 10.2. The number of hydrogen-bond donors (Lipinski definition) is 0. The predicted octanol–water partition coefficient (Wildman–Crippen LogP) is 4.08. The molecule has 0 amide bonds. The van der Waals surface area contributed by atoms with Gasteiger partial charge in [-0.2, -0.15) is 10.2 Å². The highest BCUT2D eigenvalue weighted by Gasteiger charge is 1.90. The van der Waals surface area contributed by atoms with Gasteiger partial charge in [0.25, 0.3) is 0 Å². The summed E-state index contributed by atoms with van der Waals surface area (Å²) in [6, 6.07) is 17.0. The highest BCUT2D eigenvalue weighted by atomic mass is 15.1. The third-order valence-electron chi connectivity index (χ3n) is 2.07. The van der Waals surface area contributed by atoms with Gasteiger partial charge in [-0.3, -0.25) is 0 Å². The molecule has 0 bridgehead atoms. The molecule has 0 atom stereocenters. The van der Waals surface area contributed by atoms with Crippen molar-refractivity contribution >= 4 is 11.4 Å². The van der Waals surface area contributed by atoms with E-state index < -0.39 is 0 Å². The molecule has 0 aliphatic heterocycles. The van der Waals surface area contributed by atoms with E-state index >= 15 is 0 Å². The van der Waals surface area contributed by atoms with E-state index in [9.17, 15) is 0 Å². The van der Waals surface area contributed by atoms with Crippen molar-refractivity contribution in [2.75, 3.05) is 0 Å². The van der Waals surface area contributed by atoms with Gasteiger partial charge in [-0.25, -0.2) is 0 Å². The second-order valence-electron chi connectivity index (χ2n) is 3.23. The molecule has 2 rings (SSSR count). The van der Waals surface area contributed by atoms with E-state index in [1.165, 1.54) is 0 Å². The summed E-state index contributed by atoms with van der Waals surface area (Å²) in [5, 5.41) is 8.21. The Morgan fingerprint density at radius 3 is 1.88 bits per heavy atom. The standard InChI is InChI=1S/C14H10N2/c1-2-12-8-10-14(11-9-12)16-15-13-6-4-3-5-7-13/h1,3-11H/b16-15+. The van der Waals surface area contributed by atoms with Crippen molar-refractivity contribution in [3.05, 3.63) is 60.2 Å². The van der Waals surface area contributed by atoms with Gasteiger partial charge in [-0.1, -0.05) is 24.1 Å². The lowest BCUT2D eigenvalue weighted by Crippen LogP contribution is -1.70. The molecule has 0 unspecified atom stereocenters. The van der Waals surface area contributed by atoms with Gasteiger partial charge < -0.3 is 0 Å². The van der Waals surface area contributed by atoms with Crippen LogP contribution in [0.25, 0.3) is 0 Å². The van der Waals surface area contributed by atoms with Crippen LogP contribution in [-0.2, 0) is 0 Å². The van der Waals surface area contributed by atoms with Gasteiger partial charge in [0, 0.05) is 5.56 Å². The molecular formula is C14H10N2. The Bertz CT molecular complexity index is 519. The molecule has 2 nitrogen and oxygen atoms in total. The maximum Gasteiger partial charge on any atom is 0.0857 e. The SMILES string of the molecule is C#Cc1ccc(/N=N/c2ccccc2)cc1. The van der Waals surface area contributed by atoms with Crippen LogP contribution in [0.4, 0.5) is 11.4 Å². The third-order valence-corrected chi connectivity index (χ3v) is 2.07. The summed E-state index contributed by atoms with van der Waals surface area (Å²) in [5.41, 5.74) is 2.48. The maximum absolute atomic E-state index is 5.26. The molecule has 2 aromatic carbocycles. The molecule has 0 N–H and O–H groups in total. The normalized spacial score (nSPS) is 10.2. The van der Waals surface area contributed by atoms with Crippen LogP contribution in [0, 0.1) is 12.3 Å². The fourth-order valence-corrected chi connectivity index (χ4v) is 1.23. The highest BCUT2D eigenvalue weighted by Crippen LogP contribution is 2.17. The molecule has 0 spiro atoms. The zero-order valence-corrected chi connectivity index (χ0v) is 8.67. The first-order valence-corrected chi connectivity index (χ1v) is 4.92. The minimum absolute atomic E-state index is 0.794. The van der Waals surface area contributed by atoms with E-state index in [0.717, 1.165) is 16.9 Å². The fourth-order valence-electron chi connectivity index (χ4n) is 1.23. The van der Waals surface area contributed by atoms with Gasteiger partial charge in [0.2, 0.25) is 0 Å². The lowest BCUT2D eigenvalue weighted by molar-refractivity contribution is 1.23. The summed E-state index contributed by atoms with van der Waals surface area (Å²) in [6.45, 7) is 0. The van der Waals surface area contributed by atoms with Crippen molar-refractivity contribution in [3.63, 3.8) is 0 Å². The van der Waals surface area contributed by atoms with Crippen molar-refractivity contribution in [2.45, 2.75) is 0 Å². The largest absolute Gasteiger partial charge is 0.151 e. The number of hydrogen-bond acceptors (Lipinski definition) is 2. The lowest BCUT2D eigenvalue weighted by Gasteiger charge is -1.93. The molecule has 16 heavy (non-hydrogen) atoms. The number of terminal acetylenes is 1. The first-order chi connectivity index (χ1) is 7.88. The Morgan fingerprint density at radius 2 is 1.31 bits per heavy atom. The van der Waals surface area contributed by atoms with Crippen LogP contribution in [0.3, 0.4) is 0 Å². The number of azo groups is 1. The van der Waals surface area contributed by atoms with Gasteiger partial charge >= 0.3 is 0 Å². The summed E-state index contributed by atoms with van der Waals surface area (Å²) in [6.07, 6.45) is 5.26. The average Bonchev–Trinajstić information content (AvgIpc) is 2.38. The summed E-state index contributed by atoms with van der Waals surface area (Å²) in [7, 11) is 0. The van der Waals surface area contributed by atoms with Gasteiger partial charge in [0.05, 0.1) is 11.4 Å². The molecule has 0 saturated carbocycles. The first-order valence-electron chi connectivity index (χ1n) is 4.92. The molecule has 2 heteroatoms. The molecule has 0 fully saturated rings. The van der Waals surface area contributed by atoms with Gasteiger partial charge in [-0.05, 0) is 36.4 Å². The quantitative estimate of drug-likeness (QED) is 0.522. The topological polar surface area (TPSA) is 24.7 Å². The van der Waals surface area contributed by atoms with Crippen LogP contribution in [0.2, 0.25) is 0 Å². The molecule has 0 aliphatic carbocycles. The van der Waals surface area contributed by atoms with Crippen molar-refractivity contribution in [1.82, 2.24) is 0 Å². The van der Waals surface area contributed by atoms with Crippen LogP contribution >= 0.6 is 0 Å². The van der Waals surface area contributed by atoms with E-state index in [2.05, 4.69) is 16.1 Å².